The van der Waals surface area contributed by atoms with Crippen LogP contribution in [0, 0.1) is 6.92 Å². The quantitative estimate of drug-likeness (QED) is 0.438. The molecule has 0 aromatic carbocycles. The smallest absolute Gasteiger partial charge is 0.264 e. The summed E-state index contributed by atoms with van der Waals surface area (Å²) in [5, 5.41) is 29.9. The molecule has 0 saturated heterocycles. The number of aliphatic hydroxyl groups excluding tert-OH is 3. The van der Waals surface area contributed by atoms with Crippen LogP contribution in [-0.4, -0.2) is 51.6 Å². The van der Waals surface area contributed by atoms with E-state index in [-0.39, 0.29) is 5.13 Å². The van der Waals surface area contributed by atoms with Crippen LogP contribution in [0.3, 0.4) is 0 Å². The molecule has 0 aliphatic rings. The number of amides is 1. The largest absolute Gasteiger partial charge is 0.394 e. The van der Waals surface area contributed by atoms with Crippen LogP contribution in [0.25, 0.3) is 0 Å². The first-order valence-corrected chi connectivity index (χ1v) is 5.67. The molecule has 1 aromatic heterocycles. The highest BCUT2D eigenvalue weighted by Crippen LogP contribution is 2.20. The molecule has 0 bridgehead atoms. The average molecular weight is 261 g/mol. The van der Waals surface area contributed by atoms with Gasteiger partial charge in [-0.3, -0.25) is 4.79 Å². The Morgan fingerprint density at radius 2 is 1.94 bits per heavy atom. The van der Waals surface area contributed by atoms with Crippen LogP contribution in [0.2, 0.25) is 0 Å². The van der Waals surface area contributed by atoms with E-state index in [9.17, 15) is 4.79 Å². The number of aromatic nitrogens is 1. The fraction of sp³-hybridized carbons (Fsp3) is 0.556. The topological polar surface area (TPSA) is 129 Å². The monoisotopic (exact) mass is 261 g/mol. The number of aryl methyl sites for hydroxylation is 1. The van der Waals surface area contributed by atoms with Crippen molar-refractivity contribution < 1.29 is 20.1 Å². The number of carbonyl (C=O) groups is 1. The maximum absolute atomic E-state index is 11.8. The van der Waals surface area contributed by atoms with Crippen molar-refractivity contribution in [2.45, 2.75) is 12.5 Å². The Bertz CT molecular complexity index is 395. The number of nitrogens with two attached hydrogens (primary N) is 1. The standard InChI is InChI=1S/C9H15N3O4S/c1-5-6(17-8(10)11-5)7(16)12-9(2-13,3-14)4-15/h13-15H,2-4H2,1H3,(H2,10,11)(H,12,16). The molecule has 0 aliphatic heterocycles. The van der Waals surface area contributed by atoms with Crippen LogP contribution in [0.5, 0.6) is 0 Å². The van der Waals surface area contributed by atoms with Gasteiger partial charge in [-0.25, -0.2) is 4.98 Å². The minimum Gasteiger partial charge on any atom is -0.394 e. The highest BCUT2D eigenvalue weighted by atomic mass is 32.1. The molecule has 0 atom stereocenters. The van der Waals surface area contributed by atoms with Gasteiger partial charge in [-0.2, -0.15) is 0 Å². The molecule has 7 nitrogen and oxygen atoms in total. The number of hydrogen-bond acceptors (Lipinski definition) is 7. The number of anilines is 1. The lowest BCUT2D eigenvalue weighted by molar-refractivity contribution is 0.0377. The van der Waals surface area contributed by atoms with E-state index in [1.54, 1.807) is 6.92 Å². The Balaban J connectivity index is 2.88. The van der Waals surface area contributed by atoms with Crippen molar-refractivity contribution in [2.24, 2.45) is 0 Å². The normalized spacial score (nSPS) is 11.5. The number of rotatable bonds is 5. The molecule has 1 heterocycles. The summed E-state index contributed by atoms with van der Waals surface area (Å²) in [4.78, 5) is 16.0. The zero-order chi connectivity index (χ0) is 13.1. The second-order valence-corrected chi connectivity index (χ2v) is 4.71. The van der Waals surface area contributed by atoms with E-state index in [1.165, 1.54) is 0 Å². The second-order valence-electron chi connectivity index (χ2n) is 3.68. The Kier molecular flexibility index (Phi) is 4.40. The van der Waals surface area contributed by atoms with Gasteiger partial charge in [0, 0.05) is 0 Å². The number of nitrogens with one attached hydrogen (secondary N) is 1. The Morgan fingerprint density at radius 3 is 2.29 bits per heavy atom. The first-order valence-electron chi connectivity index (χ1n) is 4.86. The summed E-state index contributed by atoms with van der Waals surface area (Å²) >= 11 is 1.00. The molecule has 1 amide bonds. The summed E-state index contributed by atoms with van der Waals surface area (Å²) in [7, 11) is 0. The number of aliphatic hydroxyl groups is 3. The summed E-state index contributed by atoms with van der Waals surface area (Å²) in [6.45, 7) is -0.0858. The van der Waals surface area contributed by atoms with E-state index in [2.05, 4.69) is 10.3 Å². The Hall–Kier alpha value is -1.22. The van der Waals surface area contributed by atoms with Crippen LogP contribution in [0.15, 0.2) is 0 Å². The molecule has 0 radical (unpaired) electrons. The minimum atomic E-state index is -1.44. The lowest BCUT2D eigenvalue weighted by Crippen LogP contribution is -2.57. The van der Waals surface area contributed by atoms with Gasteiger partial charge in [-0.15, -0.1) is 0 Å². The maximum atomic E-state index is 11.8. The first-order chi connectivity index (χ1) is 7.98. The Labute approximate surface area is 102 Å². The maximum Gasteiger partial charge on any atom is 0.264 e. The van der Waals surface area contributed by atoms with E-state index < -0.39 is 31.3 Å². The summed E-state index contributed by atoms with van der Waals surface area (Å²) < 4.78 is 0. The molecule has 6 N–H and O–H groups in total. The van der Waals surface area contributed by atoms with Crippen LogP contribution >= 0.6 is 11.3 Å². The highest BCUT2D eigenvalue weighted by molar-refractivity contribution is 7.17. The predicted molar refractivity (Wildman–Crippen MR) is 62.7 cm³/mol. The van der Waals surface area contributed by atoms with Gasteiger partial charge in [0.25, 0.3) is 5.91 Å². The van der Waals surface area contributed by atoms with E-state index in [0.29, 0.717) is 10.6 Å². The third-order valence-corrected chi connectivity index (χ3v) is 3.29. The van der Waals surface area contributed by atoms with Gasteiger partial charge in [0.05, 0.1) is 25.5 Å². The van der Waals surface area contributed by atoms with E-state index in [0.717, 1.165) is 11.3 Å². The van der Waals surface area contributed by atoms with Gasteiger partial charge >= 0.3 is 0 Å². The summed E-state index contributed by atoms with van der Waals surface area (Å²) in [5.41, 5.74) is 4.48. The van der Waals surface area contributed by atoms with Crippen molar-refractivity contribution in [3.05, 3.63) is 10.6 Å². The highest BCUT2D eigenvalue weighted by Gasteiger charge is 2.31. The fourth-order valence-corrected chi connectivity index (χ4v) is 1.92. The molecule has 17 heavy (non-hydrogen) atoms. The lowest BCUT2D eigenvalue weighted by atomic mass is 10.0. The zero-order valence-corrected chi connectivity index (χ0v) is 10.1. The molecule has 0 spiro atoms. The zero-order valence-electron chi connectivity index (χ0n) is 9.30. The predicted octanol–water partition coefficient (Wildman–Crippen LogP) is -1.52. The van der Waals surface area contributed by atoms with Crippen LogP contribution in [0.4, 0.5) is 5.13 Å². The van der Waals surface area contributed by atoms with E-state index in [4.69, 9.17) is 21.1 Å². The molecule has 0 unspecified atom stereocenters. The molecular weight excluding hydrogens is 246 g/mol. The van der Waals surface area contributed by atoms with Crippen molar-refractivity contribution in [3.63, 3.8) is 0 Å². The minimum absolute atomic E-state index is 0.259. The van der Waals surface area contributed by atoms with Crippen molar-refractivity contribution in [1.82, 2.24) is 10.3 Å². The molecule has 0 saturated carbocycles. The first kappa shape index (κ1) is 13.8. The van der Waals surface area contributed by atoms with Crippen LogP contribution in [0.1, 0.15) is 15.4 Å². The number of nitrogen functional groups attached to an aromatic ring is 1. The summed E-state index contributed by atoms with van der Waals surface area (Å²) in [6.07, 6.45) is 0. The molecule has 0 fully saturated rings. The SMILES string of the molecule is Cc1nc(N)sc1C(=O)NC(CO)(CO)CO. The molecule has 1 rings (SSSR count). The summed E-state index contributed by atoms with van der Waals surface area (Å²) in [5.74, 6) is -0.533. The van der Waals surface area contributed by atoms with Crippen molar-refractivity contribution in [1.29, 1.82) is 0 Å². The van der Waals surface area contributed by atoms with Gasteiger partial charge in [0.1, 0.15) is 10.4 Å². The van der Waals surface area contributed by atoms with Crippen LogP contribution in [-0.2, 0) is 0 Å². The van der Waals surface area contributed by atoms with Gasteiger partial charge < -0.3 is 26.4 Å². The van der Waals surface area contributed by atoms with Gasteiger partial charge in [0.2, 0.25) is 0 Å². The third-order valence-electron chi connectivity index (χ3n) is 2.31. The molecule has 0 aliphatic carbocycles. The average Bonchev–Trinajstić information content (AvgIpc) is 2.65. The van der Waals surface area contributed by atoms with E-state index in [1.807, 2.05) is 0 Å². The number of thiazole rings is 1. The molecule has 96 valence electrons. The van der Waals surface area contributed by atoms with E-state index >= 15 is 0 Å². The van der Waals surface area contributed by atoms with Crippen LogP contribution < -0.4 is 11.1 Å². The van der Waals surface area contributed by atoms with Gasteiger partial charge in [0.15, 0.2) is 5.13 Å². The number of carbonyl (C=O) groups excluding carboxylic acids is 1. The Morgan fingerprint density at radius 1 is 1.41 bits per heavy atom. The molecule has 1 aromatic rings. The molecule has 8 heteroatoms. The second kappa shape index (κ2) is 5.41. The van der Waals surface area contributed by atoms with Gasteiger partial charge in [-0.05, 0) is 6.92 Å². The van der Waals surface area contributed by atoms with Crippen molar-refractivity contribution in [3.8, 4) is 0 Å². The number of nitrogens with zero attached hydrogens (tertiary/aromatic N) is 1. The van der Waals surface area contributed by atoms with Crippen molar-refractivity contribution >= 4 is 22.4 Å². The third kappa shape index (κ3) is 2.91. The molecular formula is C9H15N3O4S. The fourth-order valence-electron chi connectivity index (χ4n) is 1.19. The lowest BCUT2D eigenvalue weighted by Gasteiger charge is -2.28. The summed E-state index contributed by atoms with van der Waals surface area (Å²) in [6, 6.07) is 0. The van der Waals surface area contributed by atoms with Crippen molar-refractivity contribution in [2.75, 3.05) is 25.6 Å². The van der Waals surface area contributed by atoms with Gasteiger partial charge in [-0.1, -0.05) is 11.3 Å². The number of hydrogen-bond donors (Lipinski definition) is 5.